The van der Waals surface area contributed by atoms with Gasteiger partial charge in [-0.05, 0) is 58.4 Å². The minimum absolute atomic E-state index is 0.518. The van der Waals surface area contributed by atoms with Crippen molar-refractivity contribution in [2.75, 3.05) is 18.0 Å². The van der Waals surface area contributed by atoms with Crippen molar-refractivity contribution in [3.8, 4) is 0 Å². The second kappa shape index (κ2) is 6.73. The molecule has 1 aromatic rings. The summed E-state index contributed by atoms with van der Waals surface area (Å²) in [7, 11) is 0. The molecule has 1 aromatic heterocycles. The van der Waals surface area contributed by atoms with Gasteiger partial charge in [0.25, 0.3) is 0 Å². The lowest BCUT2D eigenvalue weighted by Gasteiger charge is -2.41. The number of anilines is 1. The molecule has 4 heteroatoms. The van der Waals surface area contributed by atoms with Gasteiger partial charge in [0.05, 0.1) is 0 Å². The van der Waals surface area contributed by atoms with E-state index in [4.69, 9.17) is 4.98 Å². The van der Waals surface area contributed by atoms with Gasteiger partial charge in [0.15, 0.2) is 0 Å². The molecule has 4 nitrogen and oxygen atoms in total. The molecule has 116 valence electrons. The Hall–Kier alpha value is -1.16. The average Bonchev–Trinajstić information content (AvgIpc) is 2.54. The van der Waals surface area contributed by atoms with Crippen LogP contribution in [0.4, 0.5) is 5.82 Å². The Morgan fingerprint density at radius 2 is 2.10 bits per heavy atom. The van der Waals surface area contributed by atoms with E-state index in [-0.39, 0.29) is 0 Å². The molecular weight excluding hydrogens is 260 g/mol. The van der Waals surface area contributed by atoms with Gasteiger partial charge in [-0.15, -0.1) is 0 Å². The highest BCUT2D eigenvalue weighted by atomic mass is 15.2. The van der Waals surface area contributed by atoms with Gasteiger partial charge in [0, 0.05) is 29.9 Å². The molecular formula is C17H28N4. The molecule has 1 fully saturated rings. The number of rotatable bonds is 4. The van der Waals surface area contributed by atoms with E-state index < -0.39 is 0 Å². The third-order valence-corrected chi connectivity index (χ3v) is 5.03. The summed E-state index contributed by atoms with van der Waals surface area (Å²) in [6.07, 6.45) is 10.5. The molecule has 2 aliphatic rings. The van der Waals surface area contributed by atoms with E-state index in [2.05, 4.69) is 29.0 Å². The maximum atomic E-state index is 4.70. The Morgan fingerprint density at radius 3 is 2.95 bits per heavy atom. The third kappa shape index (κ3) is 3.05. The van der Waals surface area contributed by atoms with Crippen molar-refractivity contribution >= 4 is 5.82 Å². The SMILES string of the molecule is CCNC(C)C1CCCCN1c1ncnc2c1CCCC2. The molecule has 1 saturated heterocycles. The summed E-state index contributed by atoms with van der Waals surface area (Å²) in [5.41, 5.74) is 2.73. The van der Waals surface area contributed by atoms with E-state index in [1.807, 2.05) is 0 Å². The summed E-state index contributed by atoms with van der Waals surface area (Å²) >= 11 is 0. The first kappa shape index (κ1) is 14.8. The topological polar surface area (TPSA) is 41.0 Å². The Bertz CT molecular complexity index is 474. The van der Waals surface area contributed by atoms with E-state index in [1.165, 1.54) is 49.2 Å². The summed E-state index contributed by atoms with van der Waals surface area (Å²) in [5.74, 6) is 1.23. The molecule has 2 atom stereocenters. The molecule has 1 aliphatic carbocycles. The Balaban J connectivity index is 1.89. The molecule has 2 heterocycles. The quantitative estimate of drug-likeness (QED) is 0.925. The zero-order valence-electron chi connectivity index (χ0n) is 13.4. The van der Waals surface area contributed by atoms with Gasteiger partial charge in [-0.2, -0.15) is 0 Å². The number of likely N-dealkylation sites (N-methyl/N-ethyl adjacent to an activating group) is 1. The minimum atomic E-state index is 0.518. The Kier molecular flexibility index (Phi) is 4.73. The average molecular weight is 288 g/mol. The lowest BCUT2D eigenvalue weighted by molar-refractivity contribution is 0.369. The molecule has 21 heavy (non-hydrogen) atoms. The third-order valence-electron chi connectivity index (χ3n) is 5.03. The molecule has 2 unspecified atom stereocenters. The van der Waals surface area contributed by atoms with Crippen molar-refractivity contribution in [2.45, 2.75) is 70.9 Å². The van der Waals surface area contributed by atoms with Crippen molar-refractivity contribution in [3.63, 3.8) is 0 Å². The standard InChI is InChI=1S/C17H28N4/c1-3-18-13(2)16-10-6-7-11-21(16)17-14-8-4-5-9-15(14)19-12-20-17/h12-13,16,18H,3-11H2,1-2H3. The van der Waals surface area contributed by atoms with Crippen LogP contribution in [0.25, 0.3) is 0 Å². The van der Waals surface area contributed by atoms with Gasteiger partial charge >= 0.3 is 0 Å². The number of hydrogen-bond acceptors (Lipinski definition) is 4. The molecule has 0 aromatic carbocycles. The summed E-state index contributed by atoms with van der Waals surface area (Å²) in [4.78, 5) is 11.8. The van der Waals surface area contributed by atoms with Crippen LogP contribution in [0.15, 0.2) is 6.33 Å². The predicted molar refractivity (Wildman–Crippen MR) is 86.8 cm³/mol. The van der Waals surface area contributed by atoms with Crippen molar-refractivity contribution in [1.82, 2.24) is 15.3 Å². The number of hydrogen-bond donors (Lipinski definition) is 1. The highest BCUT2D eigenvalue weighted by Gasteiger charge is 2.30. The van der Waals surface area contributed by atoms with Gasteiger partial charge in [-0.1, -0.05) is 6.92 Å². The highest BCUT2D eigenvalue weighted by molar-refractivity contribution is 5.51. The molecule has 3 rings (SSSR count). The number of nitrogens with one attached hydrogen (secondary N) is 1. The summed E-state index contributed by atoms with van der Waals surface area (Å²) in [6.45, 7) is 6.69. The fourth-order valence-electron chi connectivity index (χ4n) is 3.95. The van der Waals surface area contributed by atoms with Gasteiger partial charge in [-0.3, -0.25) is 0 Å². The summed E-state index contributed by atoms with van der Waals surface area (Å²) in [5, 5.41) is 3.61. The summed E-state index contributed by atoms with van der Waals surface area (Å²) < 4.78 is 0. The smallest absolute Gasteiger partial charge is 0.135 e. The number of piperidine rings is 1. The van der Waals surface area contributed by atoms with E-state index in [1.54, 1.807) is 6.33 Å². The van der Waals surface area contributed by atoms with Crippen LogP contribution in [0, 0.1) is 0 Å². The lowest BCUT2D eigenvalue weighted by atomic mass is 9.92. The molecule has 0 bridgehead atoms. The summed E-state index contributed by atoms with van der Waals surface area (Å²) in [6, 6.07) is 1.09. The number of aryl methyl sites for hydroxylation is 1. The zero-order chi connectivity index (χ0) is 14.7. The van der Waals surface area contributed by atoms with Crippen LogP contribution in [0.5, 0.6) is 0 Å². The molecule has 0 amide bonds. The van der Waals surface area contributed by atoms with E-state index >= 15 is 0 Å². The van der Waals surface area contributed by atoms with Crippen LogP contribution in [0.1, 0.15) is 57.2 Å². The highest BCUT2D eigenvalue weighted by Crippen LogP contribution is 2.32. The second-order valence-corrected chi connectivity index (χ2v) is 6.43. The Labute approximate surface area is 128 Å². The molecule has 1 N–H and O–H groups in total. The number of fused-ring (bicyclic) bond motifs is 1. The fraction of sp³-hybridized carbons (Fsp3) is 0.765. The van der Waals surface area contributed by atoms with Crippen molar-refractivity contribution in [2.24, 2.45) is 0 Å². The van der Waals surface area contributed by atoms with Gasteiger partial charge in [0.1, 0.15) is 12.1 Å². The first-order valence-electron chi connectivity index (χ1n) is 8.64. The monoisotopic (exact) mass is 288 g/mol. The van der Waals surface area contributed by atoms with Crippen molar-refractivity contribution < 1.29 is 0 Å². The van der Waals surface area contributed by atoms with Gasteiger partial charge in [0.2, 0.25) is 0 Å². The van der Waals surface area contributed by atoms with Crippen LogP contribution in [0.2, 0.25) is 0 Å². The van der Waals surface area contributed by atoms with Gasteiger partial charge in [-0.25, -0.2) is 9.97 Å². The van der Waals surface area contributed by atoms with Gasteiger partial charge < -0.3 is 10.2 Å². The Morgan fingerprint density at radius 1 is 1.24 bits per heavy atom. The van der Waals surface area contributed by atoms with Crippen molar-refractivity contribution in [3.05, 3.63) is 17.6 Å². The van der Waals surface area contributed by atoms with E-state index in [0.29, 0.717) is 12.1 Å². The molecule has 0 spiro atoms. The normalized spacial score (nSPS) is 23.7. The molecule has 1 aliphatic heterocycles. The number of nitrogens with zero attached hydrogens (tertiary/aromatic N) is 3. The maximum absolute atomic E-state index is 4.70. The maximum Gasteiger partial charge on any atom is 0.135 e. The largest absolute Gasteiger partial charge is 0.352 e. The van der Waals surface area contributed by atoms with Crippen LogP contribution >= 0.6 is 0 Å². The van der Waals surface area contributed by atoms with Crippen LogP contribution in [-0.4, -0.2) is 35.1 Å². The first-order chi connectivity index (χ1) is 10.3. The molecule has 0 saturated carbocycles. The molecule has 0 radical (unpaired) electrons. The van der Waals surface area contributed by atoms with Crippen LogP contribution in [-0.2, 0) is 12.8 Å². The van der Waals surface area contributed by atoms with Crippen LogP contribution < -0.4 is 10.2 Å². The second-order valence-electron chi connectivity index (χ2n) is 6.43. The minimum Gasteiger partial charge on any atom is -0.352 e. The van der Waals surface area contributed by atoms with E-state index in [0.717, 1.165) is 25.9 Å². The lowest BCUT2D eigenvalue weighted by Crippen LogP contribution is -2.52. The van der Waals surface area contributed by atoms with Crippen molar-refractivity contribution in [1.29, 1.82) is 0 Å². The zero-order valence-corrected chi connectivity index (χ0v) is 13.4. The fourth-order valence-corrected chi connectivity index (χ4v) is 3.95. The first-order valence-corrected chi connectivity index (χ1v) is 8.64. The van der Waals surface area contributed by atoms with Crippen LogP contribution in [0.3, 0.4) is 0 Å². The predicted octanol–water partition coefficient (Wildman–Crippen LogP) is 2.71. The number of aromatic nitrogens is 2. The van der Waals surface area contributed by atoms with E-state index in [9.17, 15) is 0 Å².